The van der Waals surface area contributed by atoms with E-state index in [0.717, 1.165) is 18.2 Å². The molecule has 0 saturated carbocycles. The Bertz CT molecular complexity index is 823. The molecule has 2 aromatic rings. The van der Waals surface area contributed by atoms with E-state index in [1.807, 2.05) is 0 Å². The molecule has 7 heteroatoms. The van der Waals surface area contributed by atoms with Crippen molar-refractivity contribution in [2.45, 2.75) is 19.2 Å². The van der Waals surface area contributed by atoms with Crippen molar-refractivity contribution in [3.05, 3.63) is 71.3 Å². The van der Waals surface area contributed by atoms with Crippen LogP contribution in [0.5, 0.6) is 5.75 Å². The van der Waals surface area contributed by atoms with Crippen molar-refractivity contribution >= 4 is 17.8 Å². The number of halogens is 3. The number of alkyl halides is 3. The second-order valence-electron chi connectivity index (χ2n) is 5.41. The number of carbonyl (C=O) groups is 2. The van der Waals surface area contributed by atoms with Gasteiger partial charge in [0, 0.05) is 5.56 Å². The molecule has 2 aromatic carbocycles. The standard InChI is InChI=1S/C19H15F3O4/c1-12(18(24)25)26-15-9-6-14(7-10-15)17(23)11-8-13-4-2-3-5-16(13)19(20,21)22/h2-12H,1H3,(H,24,25)/b11-8+/t12-/m1/s1. The summed E-state index contributed by atoms with van der Waals surface area (Å²) in [5.74, 6) is -1.35. The molecule has 0 unspecified atom stereocenters. The van der Waals surface area contributed by atoms with Gasteiger partial charge in [-0.05, 0) is 48.9 Å². The Kier molecular flexibility index (Phi) is 5.82. The highest BCUT2D eigenvalue weighted by atomic mass is 19.4. The average Bonchev–Trinajstić information content (AvgIpc) is 2.59. The van der Waals surface area contributed by atoms with Gasteiger partial charge < -0.3 is 9.84 Å². The van der Waals surface area contributed by atoms with Gasteiger partial charge >= 0.3 is 12.1 Å². The topological polar surface area (TPSA) is 63.6 Å². The van der Waals surface area contributed by atoms with E-state index >= 15 is 0 Å². The Labute approximate surface area is 147 Å². The molecule has 0 saturated heterocycles. The zero-order valence-electron chi connectivity index (χ0n) is 13.7. The summed E-state index contributed by atoms with van der Waals surface area (Å²) in [6.07, 6.45) is -3.39. The van der Waals surface area contributed by atoms with Gasteiger partial charge in [0.25, 0.3) is 0 Å². The fourth-order valence-electron chi connectivity index (χ4n) is 2.11. The van der Waals surface area contributed by atoms with Gasteiger partial charge in [0.2, 0.25) is 0 Å². The largest absolute Gasteiger partial charge is 0.479 e. The number of allylic oxidation sites excluding steroid dienone is 1. The average molecular weight is 364 g/mol. The van der Waals surface area contributed by atoms with Crippen LogP contribution in [0.15, 0.2) is 54.6 Å². The van der Waals surface area contributed by atoms with E-state index in [-0.39, 0.29) is 16.9 Å². The molecule has 0 bridgehead atoms. The van der Waals surface area contributed by atoms with Crippen molar-refractivity contribution in [2.24, 2.45) is 0 Å². The van der Waals surface area contributed by atoms with Crippen LogP contribution in [0.1, 0.15) is 28.4 Å². The Morgan fingerprint density at radius 2 is 1.69 bits per heavy atom. The maximum absolute atomic E-state index is 12.9. The third-order valence-electron chi connectivity index (χ3n) is 3.48. The maximum Gasteiger partial charge on any atom is 0.416 e. The Balaban J connectivity index is 2.13. The van der Waals surface area contributed by atoms with Gasteiger partial charge in [-0.15, -0.1) is 0 Å². The van der Waals surface area contributed by atoms with Crippen LogP contribution in [0.2, 0.25) is 0 Å². The molecule has 0 spiro atoms. The molecule has 0 aromatic heterocycles. The zero-order valence-corrected chi connectivity index (χ0v) is 13.7. The predicted octanol–water partition coefficient (Wildman–Crippen LogP) is 4.45. The summed E-state index contributed by atoms with van der Waals surface area (Å²) in [6.45, 7) is 1.36. The van der Waals surface area contributed by atoms with Crippen molar-refractivity contribution < 1.29 is 32.6 Å². The zero-order chi connectivity index (χ0) is 19.3. The van der Waals surface area contributed by atoms with Crippen molar-refractivity contribution in [1.29, 1.82) is 0 Å². The minimum Gasteiger partial charge on any atom is -0.479 e. The number of aliphatic carboxylic acids is 1. The van der Waals surface area contributed by atoms with Crippen LogP contribution in [0.25, 0.3) is 6.08 Å². The summed E-state index contributed by atoms with van der Waals surface area (Å²) in [4.78, 5) is 22.8. The molecule has 0 aliphatic heterocycles. The summed E-state index contributed by atoms with van der Waals surface area (Å²) in [5.41, 5.74) is -0.694. The first-order valence-corrected chi connectivity index (χ1v) is 7.56. The molecule has 0 fully saturated rings. The number of benzene rings is 2. The number of hydrogen-bond donors (Lipinski definition) is 1. The van der Waals surface area contributed by atoms with E-state index in [1.165, 1.54) is 49.4 Å². The van der Waals surface area contributed by atoms with Crippen LogP contribution in [0.4, 0.5) is 13.2 Å². The SMILES string of the molecule is C[C@@H](Oc1ccc(C(=O)/C=C/c2ccccc2C(F)(F)F)cc1)C(=O)O. The van der Waals surface area contributed by atoms with Crippen molar-refractivity contribution in [1.82, 2.24) is 0 Å². The van der Waals surface area contributed by atoms with E-state index < -0.39 is 29.6 Å². The van der Waals surface area contributed by atoms with Crippen LogP contribution in [0, 0.1) is 0 Å². The second kappa shape index (κ2) is 7.86. The predicted molar refractivity (Wildman–Crippen MR) is 89.0 cm³/mol. The summed E-state index contributed by atoms with van der Waals surface area (Å²) in [5, 5.41) is 8.78. The van der Waals surface area contributed by atoms with E-state index in [2.05, 4.69) is 0 Å². The minimum atomic E-state index is -4.51. The monoisotopic (exact) mass is 364 g/mol. The highest BCUT2D eigenvalue weighted by Gasteiger charge is 2.32. The van der Waals surface area contributed by atoms with Crippen molar-refractivity contribution in [2.75, 3.05) is 0 Å². The molecular weight excluding hydrogens is 349 g/mol. The highest BCUT2D eigenvalue weighted by Crippen LogP contribution is 2.32. The first-order valence-electron chi connectivity index (χ1n) is 7.56. The van der Waals surface area contributed by atoms with E-state index in [9.17, 15) is 22.8 Å². The lowest BCUT2D eigenvalue weighted by Crippen LogP contribution is -2.22. The van der Waals surface area contributed by atoms with Gasteiger partial charge in [-0.25, -0.2) is 4.79 Å². The van der Waals surface area contributed by atoms with Crippen LogP contribution < -0.4 is 4.74 Å². The Morgan fingerprint density at radius 3 is 2.27 bits per heavy atom. The molecule has 136 valence electrons. The minimum absolute atomic E-state index is 0.108. The van der Waals surface area contributed by atoms with E-state index in [4.69, 9.17) is 9.84 Å². The first kappa shape index (κ1) is 19.2. The fourth-order valence-corrected chi connectivity index (χ4v) is 2.11. The third kappa shape index (κ3) is 4.95. The Hall–Kier alpha value is -3.09. The molecule has 2 rings (SSSR count). The van der Waals surface area contributed by atoms with Crippen molar-refractivity contribution in [3.63, 3.8) is 0 Å². The normalized spacial score (nSPS) is 12.8. The highest BCUT2D eigenvalue weighted by molar-refractivity contribution is 6.06. The summed E-state index contributed by atoms with van der Waals surface area (Å²) >= 11 is 0. The lowest BCUT2D eigenvalue weighted by molar-refractivity contribution is -0.144. The lowest BCUT2D eigenvalue weighted by Gasteiger charge is -2.10. The van der Waals surface area contributed by atoms with Crippen molar-refractivity contribution in [3.8, 4) is 5.75 Å². The van der Waals surface area contributed by atoms with Gasteiger partial charge in [-0.1, -0.05) is 24.3 Å². The molecule has 26 heavy (non-hydrogen) atoms. The molecule has 0 radical (unpaired) electrons. The molecule has 0 amide bonds. The van der Waals surface area contributed by atoms with Gasteiger partial charge in [0.15, 0.2) is 11.9 Å². The fraction of sp³-hybridized carbons (Fsp3) is 0.158. The van der Waals surface area contributed by atoms with E-state index in [1.54, 1.807) is 0 Å². The smallest absolute Gasteiger partial charge is 0.416 e. The molecule has 0 aliphatic carbocycles. The number of hydrogen-bond acceptors (Lipinski definition) is 3. The molecule has 0 heterocycles. The lowest BCUT2D eigenvalue weighted by atomic mass is 10.0. The number of ketones is 1. The van der Waals surface area contributed by atoms with Gasteiger partial charge in [0.05, 0.1) is 5.56 Å². The molecule has 4 nitrogen and oxygen atoms in total. The molecular formula is C19H15F3O4. The number of ether oxygens (including phenoxy) is 1. The third-order valence-corrected chi connectivity index (χ3v) is 3.48. The van der Waals surface area contributed by atoms with E-state index in [0.29, 0.717) is 0 Å². The van der Waals surface area contributed by atoms with Crippen LogP contribution in [0.3, 0.4) is 0 Å². The number of carboxylic acids is 1. The number of rotatable bonds is 6. The number of carbonyl (C=O) groups excluding carboxylic acids is 1. The second-order valence-corrected chi connectivity index (χ2v) is 5.41. The molecule has 0 aliphatic rings. The summed E-state index contributed by atoms with van der Waals surface area (Å²) < 4.78 is 43.9. The summed E-state index contributed by atoms with van der Waals surface area (Å²) in [6, 6.07) is 10.6. The van der Waals surface area contributed by atoms with Crippen LogP contribution in [-0.4, -0.2) is 23.0 Å². The van der Waals surface area contributed by atoms with Gasteiger partial charge in [0.1, 0.15) is 5.75 Å². The quantitative estimate of drug-likeness (QED) is 0.607. The Morgan fingerprint density at radius 1 is 1.08 bits per heavy atom. The van der Waals surface area contributed by atoms with Gasteiger partial charge in [-0.3, -0.25) is 4.79 Å². The summed E-state index contributed by atoms with van der Waals surface area (Å²) in [7, 11) is 0. The van der Waals surface area contributed by atoms with Crippen LogP contribution >= 0.6 is 0 Å². The molecule has 1 atom stereocenters. The molecule has 1 N–H and O–H groups in total. The first-order chi connectivity index (χ1) is 12.2. The maximum atomic E-state index is 12.9. The van der Waals surface area contributed by atoms with Gasteiger partial charge in [-0.2, -0.15) is 13.2 Å². The number of carboxylic acid groups (broad SMARTS) is 1. The van der Waals surface area contributed by atoms with Crippen LogP contribution in [-0.2, 0) is 11.0 Å².